The fourth-order valence-electron chi connectivity index (χ4n) is 3.04. The summed E-state index contributed by atoms with van der Waals surface area (Å²) in [7, 11) is 0. The fourth-order valence-corrected chi connectivity index (χ4v) is 3.20. The number of aromatic nitrogens is 2. The van der Waals surface area contributed by atoms with E-state index in [1.165, 1.54) is 16.7 Å². The molecule has 0 aliphatic heterocycles. The van der Waals surface area contributed by atoms with Crippen LogP contribution < -0.4 is 10.3 Å². The highest BCUT2D eigenvalue weighted by Crippen LogP contribution is 2.23. The molecule has 2 heterocycles. The number of pyridine rings is 2. The van der Waals surface area contributed by atoms with Gasteiger partial charge >= 0.3 is 0 Å². The van der Waals surface area contributed by atoms with Crippen molar-refractivity contribution in [3.8, 4) is 16.9 Å². The predicted octanol–water partition coefficient (Wildman–Crippen LogP) is 5.33. The van der Waals surface area contributed by atoms with Gasteiger partial charge in [-0.1, -0.05) is 35.9 Å². The molecule has 0 aliphatic carbocycles. The van der Waals surface area contributed by atoms with E-state index in [1.807, 2.05) is 42.5 Å². The lowest BCUT2D eigenvalue weighted by Gasteiger charge is -2.11. The summed E-state index contributed by atoms with van der Waals surface area (Å²) in [5.74, 6) is 0.287. The largest absolute Gasteiger partial charge is 0.487 e. The van der Waals surface area contributed by atoms with E-state index in [2.05, 4.69) is 4.98 Å². The second-order valence-corrected chi connectivity index (χ2v) is 7.19. The van der Waals surface area contributed by atoms with Crippen LogP contribution in [0.15, 0.2) is 90.0 Å². The SMILES string of the molecule is O=c1ccc(-c2ccc(OCc3ccccn3)cc2)cn1Cc1ccc(Cl)cc1F. The molecule has 0 amide bonds. The van der Waals surface area contributed by atoms with Crippen molar-refractivity contribution in [2.45, 2.75) is 13.2 Å². The van der Waals surface area contributed by atoms with Crippen LogP contribution in [0.4, 0.5) is 4.39 Å². The van der Waals surface area contributed by atoms with E-state index < -0.39 is 5.82 Å². The smallest absolute Gasteiger partial charge is 0.250 e. The van der Waals surface area contributed by atoms with Gasteiger partial charge in [-0.05, 0) is 53.6 Å². The maximum atomic E-state index is 14.1. The molecule has 0 spiro atoms. The number of ether oxygens (including phenoxy) is 1. The van der Waals surface area contributed by atoms with E-state index in [1.54, 1.807) is 30.6 Å². The minimum Gasteiger partial charge on any atom is -0.487 e. The summed E-state index contributed by atoms with van der Waals surface area (Å²) in [6.07, 6.45) is 3.45. The van der Waals surface area contributed by atoms with E-state index in [0.29, 0.717) is 17.2 Å². The van der Waals surface area contributed by atoms with E-state index >= 15 is 0 Å². The third-order valence-electron chi connectivity index (χ3n) is 4.64. The summed E-state index contributed by atoms with van der Waals surface area (Å²) in [6.45, 7) is 0.513. The first-order valence-corrected chi connectivity index (χ1v) is 9.74. The molecule has 4 aromatic rings. The lowest BCUT2D eigenvalue weighted by molar-refractivity contribution is 0.301. The average Bonchev–Trinajstić information content (AvgIpc) is 2.77. The van der Waals surface area contributed by atoms with Crippen LogP contribution in [0.5, 0.6) is 5.75 Å². The molecule has 6 heteroatoms. The highest BCUT2D eigenvalue weighted by molar-refractivity contribution is 6.30. The third kappa shape index (κ3) is 4.75. The van der Waals surface area contributed by atoms with Crippen molar-refractivity contribution in [2.75, 3.05) is 0 Å². The minimum absolute atomic E-state index is 0.126. The summed E-state index contributed by atoms with van der Waals surface area (Å²) in [4.78, 5) is 16.5. The van der Waals surface area contributed by atoms with E-state index in [0.717, 1.165) is 22.6 Å². The van der Waals surface area contributed by atoms with Gasteiger partial charge in [0.2, 0.25) is 0 Å². The Labute approximate surface area is 178 Å². The molecule has 0 unspecified atom stereocenters. The summed E-state index contributed by atoms with van der Waals surface area (Å²) in [6, 6.07) is 20.9. The number of hydrogen-bond donors (Lipinski definition) is 0. The molecule has 0 fully saturated rings. The molecule has 0 atom stereocenters. The van der Waals surface area contributed by atoms with E-state index in [9.17, 15) is 9.18 Å². The zero-order valence-corrected chi connectivity index (χ0v) is 16.7. The quantitative estimate of drug-likeness (QED) is 0.423. The Morgan fingerprint density at radius 1 is 0.967 bits per heavy atom. The summed E-state index contributed by atoms with van der Waals surface area (Å²) in [5.41, 5.74) is 2.81. The third-order valence-corrected chi connectivity index (χ3v) is 4.87. The molecule has 4 nitrogen and oxygen atoms in total. The maximum absolute atomic E-state index is 14.1. The van der Waals surface area contributed by atoms with E-state index in [4.69, 9.17) is 16.3 Å². The van der Waals surface area contributed by atoms with Crippen LogP contribution in [-0.4, -0.2) is 9.55 Å². The van der Waals surface area contributed by atoms with Gasteiger partial charge < -0.3 is 9.30 Å². The van der Waals surface area contributed by atoms with Crippen LogP contribution in [0.25, 0.3) is 11.1 Å². The van der Waals surface area contributed by atoms with Crippen molar-refractivity contribution < 1.29 is 9.13 Å². The summed E-state index contributed by atoms with van der Waals surface area (Å²) >= 11 is 5.80. The van der Waals surface area contributed by atoms with Gasteiger partial charge in [0.05, 0.1) is 12.2 Å². The standard InChI is InChI=1S/C24H18ClFN2O2/c25-20-8-4-19(23(26)13-20)15-28-14-18(7-11-24(28)29)17-5-9-22(10-6-17)30-16-21-3-1-2-12-27-21/h1-14H,15-16H2. The topological polar surface area (TPSA) is 44.1 Å². The Bertz CT molecular complexity index is 1210. The van der Waals surface area contributed by atoms with Crippen LogP contribution in [0.1, 0.15) is 11.3 Å². The molecule has 0 N–H and O–H groups in total. The Kier molecular flexibility index (Phi) is 5.91. The van der Waals surface area contributed by atoms with Crippen molar-refractivity contribution in [3.63, 3.8) is 0 Å². The number of halogens is 2. The van der Waals surface area contributed by atoms with Gasteiger partial charge in [-0.2, -0.15) is 0 Å². The monoisotopic (exact) mass is 420 g/mol. The molecule has 4 rings (SSSR count). The first-order chi connectivity index (χ1) is 14.6. The Hall–Kier alpha value is -3.44. The van der Waals surface area contributed by atoms with Gasteiger partial charge in [0.25, 0.3) is 5.56 Å². The Morgan fingerprint density at radius 2 is 1.77 bits per heavy atom. The van der Waals surface area contributed by atoms with Gasteiger partial charge in [-0.15, -0.1) is 0 Å². The molecular weight excluding hydrogens is 403 g/mol. The van der Waals surface area contributed by atoms with Crippen LogP contribution in [0.3, 0.4) is 0 Å². The van der Waals surface area contributed by atoms with Crippen LogP contribution in [0, 0.1) is 5.82 Å². The summed E-state index contributed by atoms with van der Waals surface area (Å²) in [5, 5.41) is 0.322. The van der Waals surface area contributed by atoms with Crippen LogP contribution >= 0.6 is 11.6 Å². The van der Waals surface area contributed by atoms with Gasteiger partial charge in [-0.3, -0.25) is 9.78 Å². The molecule has 0 aliphatic rings. The molecule has 0 radical (unpaired) electrons. The molecule has 2 aromatic carbocycles. The number of rotatable bonds is 6. The number of hydrogen-bond acceptors (Lipinski definition) is 3. The van der Waals surface area contributed by atoms with E-state index in [-0.39, 0.29) is 12.1 Å². The van der Waals surface area contributed by atoms with Crippen molar-refractivity contribution in [1.82, 2.24) is 9.55 Å². The zero-order valence-electron chi connectivity index (χ0n) is 16.0. The molecule has 0 bridgehead atoms. The average molecular weight is 421 g/mol. The lowest BCUT2D eigenvalue weighted by Crippen LogP contribution is -2.19. The molecule has 0 saturated heterocycles. The second-order valence-electron chi connectivity index (χ2n) is 6.75. The number of benzene rings is 2. The minimum atomic E-state index is -0.436. The van der Waals surface area contributed by atoms with Crippen LogP contribution in [-0.2, 0) is 13.2 Å². The van der Waals surface area contributed by atoms with Crippen molar-refractivity contribution in [2.24, 2.45) is 0 Å². The first-order valence-electron chi connectivity index (χ1n) is 9.36. The molecule has 2 aromatic heterocycles. The Balaban J connectivity index is 1.51. The molecular formula is C24H18ClFN2O2. The second kappa shape index (κ2) is 8.93. The molecule has 30 heavy (non-hydrogen) atoms. The van der Waals surface area contributed by atoms with Crippen molar-refractivity contribution in [1.29, 1.82) is 0 Å². The Morgan fingerprint density at radius 3 is 2.50 bits per heavy atom. The van der Waals surface area contributed by atoms with Gasteiger partial charge in [0.15, 0.2) is 0 Å². The molecule has 150 valence electrons. The molecule has 0 saturated carbocycles. The fraction of sp³-hybridized carbons (Fsp3) is 0.0833. The maximum Gasteiger partial charge on any atom is 0.250 e. The zero-order chi connectivity index (χ0) is 20.9. The normalized spacial score (nSPS) is 10.7. The van der Waals surface area contributed by atoms with Gasteiger partial charge in [-0.25, -0.2) is 4.39 Å². The highest BCUT2D eigenvalue weighted by atomic mass is 35.5. The predicted molar refractivity (Wildman–Crippen MR) is 115 cm³/mol. The highest BCUT2D eigenvalue weighted by Gasteiger charge is 2.07. The number of nitrogens with zero attached hydrogens (tertiary/aromatic N) is 2. The summed E-state index contributed by atoms with van der Waals surface area (Å²) < 4.78 is 21.3. The first kappa shape index (κ1) is 19.9. The van der Waals surface area contributed by atoms with Crippen LogP contribution in [0.2, 0.25) is 5.02 Å². The van der Waals surface area contributed by atoms with Crippen molar-refractivity contribution in [3.05, 3.63) is 118 Å². The van der Waals surface area contributed by atoms with Gasteiger partial charge in [0.1, 0.15) is 18.2 Å². The van der Waals surface area contributed by atoms with Crippen molar-refractivity contribution >= 4 is 11.6 Å². The lowest BCUT2D eigenvalue weighted by atomic mass is 10.1. The van der Waals surface area contributed by atoms with Gasteiger partial charge in [0, 0.05) is 29.0 Å².